The number of nitrogens with zero attached hydrogens (tertiary/aromatic N) is 5. The van der Waals surface area contributed by atoms with Crippen molar-refractivity contribution in [3.05, 3.63) is 76.5 Å². The number of carbonyl (C=O) groups excluding carboxylic acids is 2. The predicted molar refractivity (Wildman–Crippen MR) is 162 cm³/mol. The summed E-state index contributed by atoms with van der Waals surface area (Å²) < 4.78 is 48.7. The van der Waals surface area contributed by atoms with E-state index in [0.717, 1.165) is 23.5 Å². The Hall–Kier alpha value is -4.41. The number of halogens is 3. The standard InChI is InChI=1S/C33H36F3N5O3/c1-18(2)15-40-16-23(21-13-24(34)29(36)25(35)14-21)22-8-9-26(38-30(22)40)31(42)41-11-10-39(17-33(41,5)6)27-12-19(3)28(20(4)37-27)32(43)44-7/h8-9,12-14,16,18H,10-11,15,17H2,1-7H3. The number of esters is 1. The van der Waals surface area contributed by atoms with Crippen molar-refractivity contribution < 1.29 is 27.5 Å². The van der Waals surface area contributed by atoms with Crippen LogP contribution in [0, 0.1) is 37.2 Å². The molecule has 0 bridgehead atoms. The van der Waals surface area contributed by atoms with E-state index in [9.17, 15) is 22.8 Å². The Bertz CT molecular complexity index is 1740. The van der Waals surface area contributed by atoms with Crippen molar-refractivity contribution in [2.45, 2.75) is 53.6 Å². The van der Waals surface area contributed by atoms with Crippen LogP contribution < -0.4 is 4.90 Å². The molecular weight excluding hydrogens is 571 g/mol. The topological polar surface area (TPSA) is 80.6 Å². The molecule has 1 aliphatic rings. The van der Waals surface area contributed by atoms with E-state index in [1.165, 1.54) is 7.11 Å². The maximum Gasteiger partial charge on any atom is 0.339 e. The Morgan fingerprint density at radius 1 is 1.02 bits per heavy atom. The zero-order chi connectivity index (χ0) is 32.1. The second kappa shape index (κ2) is 11.6. The van der Waals surface area contributed by atoms with Crippen LogP contribution in [0.2, 0.25) is 0 Å². The molecule has 0 saturated carbocycles. The maximum absolute atomic E-state index is 14.1. The average molecular weight is 608 g/mol. The number of piperazine rings is 1. The van der Waals surface area contributed by atoms with Crippen LogP contribution in [0.4, 0.5) is 19.0 Å². The second-order valence-electron chi connectivity index (χ2n) is 12.4. The van der Waals surface area contributed by atoms with E-state index in [1.54, 1.807) is 30.2 Å². The summed E-state index contributed by atoms with van der Waals surface area (Å²) in [7, 11) is 1.34. The largest absolute Gasteiger partial charge is 0.465 e. The molecule has 232 valence electrons. The number of benzene rings is 1. The molecule has 0 radical (unpaired) electrons. The number of anilines is 1. The molecule has 8 nitrogen and oxygen atoms in total. The van der Waals surface area contributed by atoms with Gasteiger partial charge in [-0.05, 0) is 75.1 Å². The number of aromatic nitrogens is 3. The molecule has 0 atom stereocenters. The van der Waals surface area contributed by atoms with Gasteiger partial charge in [0.1, 0.15) is 17.2 Å². The molecule has 1 fully saturated rings. The van der Waals surface area contributed by atoms with E-state index >= 15 is 0 Å². The summed E-state index contributed by atoms with van der Waals surface area (Å²) in [6.45, 7) is 13.6. The number of fused-ring (bicyclic) bond motifs is 1. The van der Waals surface area contributed by atoms with Crippen molar-refractivity contribution in [3.63, 3.8) is 0 Å². The molecule has 4 heterocycles. The molecule has 0 N–H and O–H groups in total. The fourth-order valence-electron chi connectivity index (χ4n) is 6.01. The van der Waals surface area contributed by atoms with Gasteiger partial charge in [-0.2, -0.15) is 0 Å². The average Bonchev–Trinajstić information content (AvgIpc) is 3.31. The fraction of sp³-hybridized carbons (Fsp3) is 0.394. The van der Waals surface area contributed by atoms with E-state index in [2.05, 4.69) is 9.88 Å². The molecule has 1 aliphatic heterocycles. The van der Waals surface area contributed by atoms with Crippen LogP contribution in [0.1, 0.15) is 59.8 Å². The molecule has 1 saturated heterocycles. The SMILES string of the molecule is COC(=O)c1c(C)cc(N2CCN(C(=O)c3ccc4c(-c5cc(F)c(F)c(F)c5)cn(CC(C)C)c4n3)C(C)(C)C2)nc1C. The van der Waals surface area contributed by atoms with Crippen LogP contribution in [0.5, 0.6) is 0 Å². The van der Waals surface area contributed by atoms with E-state index in [1.807, 2.05) is 45.3 Å². The molecule has 11 heteroatoms. The highest BCUT2D eigenvalue weighted by atomic mass is 19.2. The number of carbonyl (C=O) groups is 2. The lowest BCUT2D eigenvalue weighted by Crippen LogP contribution is -2.61. The van der Waals surface area contributed by atoms with Crippen molar-refractivity contribution >= 4 is 28.7 Å². The van der Waals surface area contributed by atoms with Gasteiger partial charge < -0.3 is 19.1 Å². The first-order valence-corrected chi connectivity index (χ1v) is 14.5. The minimum absolute atomic E-state index is 0.186. The summed E-state index contributed by atoms with van der Waals surface area (Å²) in [5.41, 5.74) is 2.63. The normalized spacial score (nSPS) is 14.9. The third-order valence-corrected chi connectivity index (χ3v) is 8.04. The maximum atomic E-state index is 14.1. The van der Waals surface area contributed by atoms with Gasteiger partial charge in [0, 0.05) is 43.3 Å². The molecule has 0 aliphatic carbocycles. The summed E-state index contributed by atoms with van der Waals surface area (Å²) in [6, 6.07) is 7.14. The number of hydrogen-bond donors (Lipinski definition) is 0. The minimum atomic E-state index is -1.52. The Morgan fingerprint density at radius 2 is 1.70 bits per heavy atom. The van der Waals surface area contributed by atoms with Gasteiger partial charge in [0.25, 0.3) is 5.91 Å². The zero-order valence-electron chi connectivity index (χ0n) is 26.0. The van der Waals surface area contributed by atoms with Gasteiger partial charge in [-0.25, -0.2) is 27.9 Å². The highest BCUT2D eigenvalue weighted by Crippen LogP contribution is 2.34. The van der Waals surface area contributed by atoms with Crippen molar-refractivity contribution in [3.8, 4) is 11.1 Å². The van der Waals surface area contributed by atoms with Crippen LogP contribution in [-0.2, 0) is 11.3 Å². The molecule has 44 heavy (non-hydrogen) atoms. The number of aryl methyl sites for hydroxylation is 2. The van der Waals surface area contributed by atoms with Gasteiger partial charge in [-0.3, -0.25) is 4.79 Å². The zero-order valence-corrected chi connectivity index (χ0v) is 26.0. The van der Waals surface area contributed by atoms with Crippen LogP contribution in [-0.4, -0.2) is 63.6 Å². The summed E-state index contributed by atoms with van der Waals surface area (Å²) >= 11 is 0. The number of amides is 1. The van der Waals surface area contributed by atoms with E-state index in [4.69, 9.17) is 9.72 Å². The fourth-order valence-corrected chi connectivity index (χ4v) is 6.01. The number of methoxy groups -OCH3 is 1. The van der Waals surface area contributed by atoms with Gasteiger partial charge in [-0.15, -0.1) is 0 Å². The molecular formula is C33H36F3N5O3. The molecule has 5 rings (SSSR count). The summed E-state index contributed by atoms with van der Waals surface area (Å²) in [6.07, 6.45) is 1.74. The lowest BCUT2D eigenvalue weighted by molar-refractivity contribution is 0.0506. The van der Waals surface area contributed by atoms with Gasteiger partial charge in [0.15, 0.2) is 17.5 Å². The lowest BCUT2D eigenvalue weighted by atomic mass is 9.97. The van der Waals surface area contributed by atoms with Gasteiger partial charge in [0.05, 0.1) is 23.9 Å². The third kappa shape index (κ3) is 5.62. The van der Waals surface area contributed by atoms with Crippen LogP contribution >= 0.6 is 0 Å². The van der Waals surface area contributed by atoms with Crippen molar-refractivity contribution in [2.24, 2.45) is 5.92 Å². The van der Waals surface area contributed by atoms with Crippen molar-refractivity contribution in [1.82, 2.24) is 19.4 Å². The van der Waals surface area contributed by atoms with E-state index in [-0.39, 0.29) is 23.1 Å². The van der Waals surface area contributed by atoms with Crippen LogP contribution in [0.15, 0.2) is 36.5 Å². The molecule has 1 aromatic carbocycles. The van der Waals surface area contributed by atoms with E-state index in [0.29, 0.717) is 54.0 Å². The number of pyridine rings is 2. The molecule has 1 amide bonds. The number of hydrogen-bond acceptors (Lipinski definition) is 6. The first-order valence-electron chi connectivity index (χ1n) is 14.5. The summed E-state index contributed by atoms with van der Waals surface area (Å²) in [4.78, 5) is 39.4. The smallest absolute Gasteiger partial charge is 0.339 e. The van der Waals surface area contributed by atoms with Gasteiger partial charge >= 0.3 is 5.97 Å². The quantitative estimate of drug-likeness (QED) is 0.189. The number of rotatable bonds is 6. The Morgan fingerprint density at radius 3 is 2.30 bits per heavy atom. The first-order chi connectivity index (χ1) is 20.7. The Kier molecular flexibility index (Phi) is 8.17. The summed E-state index contributed by atoms with van der Waals surface area (Å²) in [5, 5.41) is 0.601. The highest BCUT2D eigenvalue weighted by molar-refractivity contribution is 5.99. The van der Waals surface area contributed by atoms with Crippen LogP contribution in [0.25, 0.3) is 22.2 Å². The molecule has 0 spiro atoms. The Balaban J connectivity index is 1.45. The highest BCUT2D eigenvalue weighted by Gasteiger charge is 2.38. The first kappa shape index (κ1) is 31.0. The predicted octanol–water partition coefficient (Wildman–Crippen LogP) is 6.32. The monoisotopic (exact) mass is 607 g/mol. The molecule has 0 unspecified atom stereocenters. The summed E-state index contributed by atoms with van der Waals surface area (Å²) in [5.74, 6) is -3.79. The molecule has 4 aromatic rings. The number of ether oxygens (including phenoxy) is 1. The van der Waals surface area contributed by atoms with Crippen molar-refractivity contribution in [2.75, 3.05) is 31.6 Å². The van der Waals surface area contributed by atoms with Crippen LogP contribution in [0.3, 0.4) is 0 Å². The Labute approximate surface area is 254 Å². The van der Waals surface area contributed by atoms with E-state index < -0.39 is 29.0 Å². The molecule has 3 aromatic heterocycles. The van der Waals surface area contributed by atoms with Gasteiger partial charge in [-0.1, -0.05) is 13.8 Å². The lowest BCUT2D eigenvalue weighted by Gasteiger charge is -2.47. The van der Waals surface area contributed by atoms with Crippen molar-refractivity contribution in [1.29, 1.82) is 0 Å². The second-order valence-corrected chi connectivity index (χ2v) is 12.4. The van der Waals surface area contributed by atoms with Gasteiger partial charge in [0.2, 0.25) is 0 Å². The third-order valence-electron chi connectivity index (χ3n) is 8.04. The minimum Gasteiger partial charge on any atom is -0.465 e.